The molecular formula is C39H44O14. The molecule has 1 saturated heterocycles. The number of esters is 2. The van der Waals surface area contributed by atoms with Gasteiger partial charge in [0.2, 0.25) is 6.79 Å². The van der Waals surface area contributed by atoms with E-state index in [0.717, 1.165) is 25.7 Å². The fourth-order valence-corrected chi connectivity index (χ4v) is 4.59. The molecule has 14 nitrogen and oxygen atoms in total. The lowest BCUT2D eigenvalue weighted by atomic mass is 9.90. The summed E-state index contributed by atoms with van der Waals surface area (Å²) in [5.74, 6) is 0.682. The third-order valence-corrected chi connectivity index (χ3v) is 7.54. The van der Waals surface area contributed by atoms with Gasteiger partial charge < -0.3 is 47.4 Å². The Morgan fingerprint density at radius 2 is 1.25 bits per heavy atom. The molecule has 0 saturated carbocycles. The number of ether oxygens (including phenoxy) is 10. The molecule has 0 unspecified atom stereocenters. The fourth-order valence-electron chi connectivity index (χ4n) is 4.59. The Kier molecular flexibility index (Phi) is 16.0. The zero-order valence-electron chi connectivity index (χ0n) is 29.8. The van der Waals surface area contributed by atoms with Crippen LogP contribution in [0.5, 0.6) is 28.7 Å². The smallest absolute Gasteiger partial charge is 0.463 e. The highest BCUT2D eigenvalue weighted by Crippen LogP contribution is 2.27. The van der Waals surface area contributed by atoms with Crippen LogP contribution in [0.15, 0.2) is 79.4 Å². The van der Waals surface area contributed by atoms with Crippen LogP contribution in [0.25, 0.3) is 0 Å². The SMILES string of the molecule is C=CC(=O)OCCCCOC(=O)Oc1ccc(C(=O)Oc2ccc(OCOc3ccc(OC(=O)OCCCCOCC4(C)COC4)cc3)c(C)c2)cc1. The first-order valence-electron chi connectivity index (χ1n) is 17.0. The van der Waals surface area contributed by atoms with Gasteiger partial charge in [0.25, 0.3) is 0 Å². The molecule has 3 aromatic carbocycles. The van der Waals surface area contributed by atoms with E-state index in [9.17, 15) is 19.2 Å². The van der Waals surface area contributed by atoms with Crippen molar-refractivity contribution in [3.63, 3.8) is 0 Å². The van der Waals surface area contributed by atoms with Crippen LogP contribution >= 0.6 is 0 Å². The van der Waals surface area contributed by atoms with Crippen molar-refractivity contribution >= 4 is 24.2 Å². The van der Waals surface area contributed by atoms with Gasteiger partial charge in [0, 0.05) is 18.1 Å². The summed E-state index contributed by atoms with van der Waals surface area (Å²) >= 11 is 0. The predicted octanol–water partition coefficient (Wildman–Crippen LogP) is 7.00. The van der Waals surface area contributed by atoms with Crippen LogP contribution in [0.2, 0.25) is 0 Å². The van der Waals surface area contributed by atoms with Gasteiger partial charge in [-0.2, -0.15) is 0 Å². The molecule has 53 heavy (non-hydrogen) atoms. The van der Waals surface area contributed by atoms with Crippen molar-refractivity contribution in [2.45, 2.75) is 39.5 Å². The molecule has 14 heteroatoms. The Hall–Kier alpha value is -5.60. The summed E-state index contributed by atoms with van der Waals surface area (Å²) < 4.78 is 53.0. The largest absolute Gasteiger partial charge is 0.513 e. The third kappa shape index (κ3) is 14.5. The molecule has 0 spiro atoms. The average molecular weight is 737 g/mol. The quantitative estimate of drug-likeness (QED) is 0.0209. The summed E-state index contributed by atoms with van der Waals surface area (Å²) in [7, 11) is 0. The zero-order valence-corrected chi connectivity index (χ0v) is 29.8. The van der Waals surface area contributed by atoms with Gasteiger partial charge >= 0.3 is 24.2 Å². The van der Waals surface area contributed by atoms with Gasteiger partial charge in [-0.25, -0.2) is 19.2 Å². The van der Waals surface area contributed by atoms with Crippen LogP contribution in [-0.4, -0.2) is 77.3 Å². The highest BCUT2D eigenvalue weighted by atomic mass is 16.7. The van der Waals surface area contributed by atoms with E-state index >= 15 is 0 Å². The van der Waals surface area contributed by atoms with E-state index in [0.29, 0.717) is 61.0 Å². The lowest BCUT2D eigenvalue weighted by Gasteiger charge is -2.37. The maximum atomic E-state index is 12.7. The van der Waals surface area contributed by atoms with E-state index in [1.165, 1.54) is 24.3 Å². The van der Waals surface area contributed by atoms with Crippen LogP contribution < -0.4 is 23.7 Å². The van der Waals surface area contributed by atoms with Crippen LogP contribution in [-0.2, 0) is 28.5 Å². The molecule has 0 bridgehead atoms. The Bertz CT molecular complexity index is 1650. The van der Waals surface area contributed by atoms with Gasteiger partial charge in [-0.1, -0.05) is 13.5 Å². The van der Waals surface area contributed by atoms with Crippen LogP contribution in [0, 0.1) is 12.3 Å². The van der Waals surface area contributed by atoms with Crippen LogP contribution in [0.1, 0.15) is 48.5 Å². The number of hydrogen-bond acceptors (Lipinski definition) is 14. The molecule has 0 amide bonds. The summed E-state index contributed by atoms with van der Waals surface area (Å²) in [6.07, 6.45) is 1.81. The second-order valence-corrected chi connectivity index (χ2v) is 12.3. The minimum Gasteiger partial charge on any atom is -0.463 e. The van der Waals surface area contributed by atoms with Crippen LogP contribution in [0.4, 0.5) is 9.59 Å². The van der Waals surface area contributed by atoms with Crippen molar-refractivity contribution < 1.29 is 66.5 Å². The van der Waals surface area contributed by atoms with E-state index in [-0.39, 0.29) is 43.3 Å². The molecular weight excluding hydrogens is 692 g/mol. The summed E-state index contributed by atoms with van der Waals surface area (Å²) in [5, 5.41) is 0. The summed E-state index contributed by atoms with van der Waals surface area (Å²) in [5.41, 5.74) is 1.06. The Morgan fingerprint density at radius 1 is 0.698 bits per heavy atom. The van der Waals surface area contributed by atoms with Crippen molar-refractivity contribution in [3.05, 3.63) is 90.5 Å². The first-order valence-corrected chi connectivity index (χ1v) is 17.0. The number of carbonyl (C=O) groups is 4. The van der Waals surface area contributed by atoms with Crippen molar-refractivity contribution in [1.82, 2.24) is 0 Å². The minimum absolute atomic E-state index is 0.0882. The van der Waals surface area contributed by atoms with Gasteiger partial charge in [-0.3, -0.25) is 0 Å². The first kappa shape index (κ1) is 40.2. The number of unbranched alkanes of at least 4 members (excludes halogenated alkanes) is 2. The number of carbonyl (C=O) groups excluding carboxylic acids is 4. The van der Waals surface area contributed by atoms with Crippen molar-refractivity contribution in [1.29, 1.82) is 0 Å². The predicted molar refractivity (Wildman–Crippen MR) is 188 cm³/mol. The number of hydrogen-bond donors (Lipinski definition) is 0. The Labute approximate surface area is 307 Å². The van der Waals surface area contributed by atoms with E-state index in [1.807, 2.05) is 0 Å². The molecule has 1 fully saturated rings. The normalized spacial score (nSPS) is 12.7. The highest BCUT2D eigenvalue weighted by molar-refractivity contribution is 5.91. The van der Waals surface area contributed by atoms with Crippen molar-refractivity contribution in [2.24, 2.45) is 5.41 Å². The third-order valence-electron chi connectivity index (χ3n) is 7.54. The van der Waals surface area contributed by atoms with Gasteiger partial charge in [-0.05, 0) is 105 Å². The average Bonchev–Trinajstić information content (AvgIpc) is 3.13. The second kappa shape index (κ2) is 21.1. The maximum absolute atomic E-state index is 12.7. The molecule has 284 valence electrons. The van der Waals surface area contributed by atoms with Crippen molar-refractivity contribution in [3.8, 4) is 28.7 Å². The monoisotopic (exact) mass is 736 g/mol. The first-order chi connectivity index (χ1) is 25.6. The number of rotatable bonds is 21. The van der Waals surface area contributed by atoms with Gasteiger partial charge in [0.15, 0.2) is 0 Å². The second-order valence-electron chi connectivity index (χ2n) is 12.3. The summed E-state index contributed by atoms with van der Waals surface area (Å²) in [4.78, 5) is 47.6. The molecule has 1 aliphatic rings. The standard InChI is InChI=1S/C39H44O14/c1-4-35(40)46-20-7-8-22-48-37(42)52-31-11-9-29(10-12-31)36(41)51-33-17-18-34(28(2)23-33)50-27-49-30-13-15-32(16-14-30)53-38(43)47-21-6-5-19-44-24-39(3)25-45-26-39/h4,9-18,23H,1,5-8,19-22,24-27H2,2-3H3. The molecule has 0 N–H and O–H groups in total. The molecule has 1 heterocycles. The Morgan fingerprint density at radius 3 is 1.81 bits per heavy atom. The van der Waals surface area contributed by atoms with E-state index in [4.69, 9.17) is 47.4 Å². The Balaban J connectivity index is 1.09. The molecule has 1 aliphatic heterocycles. The number of aryl methyl sites for hydroxylation is 1. The van der Waals surface area contributed by atoms with E-state index < -0.39 is 24.2 Å². The lowest BCUT2D eigenvalue weighted by molar-refractivity contribution is -0.138. The van der Waals surface area contributed by atoms with Gasteiger partial charge in [-0.15, -0.1) is 0 Å². The molecule has 0 atom stereocenters. The van der Waals surface area contributed by atoms with Gasteiger partial charge in [0.05, 0.1) is 45.2 Å². The fraction of sp³-hybridized carbons (Fsp3) is 0.385. The van der Waals surface area contributed by atoms with Gasteiger partial charge in [0.1, 0.15) is 28.7 Å². The molecule has 4 rings (SSSR count). The highest BCUT2D eigenvalue weighted by Gasteiger charge is 2.33. The lowest BCUT2D eigenvalue weighted by Crippen LogP contribution is -2.43. The topological polar surface area (TPSA) is 161 Å². The van der Waals surface area contributed by atoms with Crippen molar-refractivity contribution in [2.75, 3.05) is 53.0 Å². The molecule has 0 aliphatic carbocycles. The molecule has 3 aromatic rings. The van der Waals surface area contributed by atoms with E-state index in [2.05, 4.69) is 13.5 Å². The minimum atomic E-state index is -0.900. The number of benzene rings is 3. The van der Waals surface area contributed by atoms with E-state index in [1.54, 1.807) is 49.4 Å². The zero-order chi connectivity index (χ0) is 37.9. The van der Waals surface area contributed by atoms with Crippen LogP contribution in [0.3, 0.4) is 0 Å². The maximum Gasteiger partial charge on any atom is 0.513 e. The molecule has 0 radical (unpaired) electrons. The summed E-state index contributed by atoms with van der Waals surface area (Å²) in [6, 6.07) is 17.1. The summed E-state index contributed by atoms with van der Waals surface area (Å²) in [6.45, 7) is 10.4. The molecule has 0 aromatic heterocycles.